The second kappa shape index (κ2) is 6.35. The summed E-state index contributed by atoms with van der Waals surface area (Å²) in [5.41, 5.74) is 0. The topological polar surface area (TPSA) is 37.8 Å². The first-order valence-electron chi connectivity index (χ1n) is 5.34. The number of anilines is 1. The summed E-state index contributed by atoms with van der Waals surface area (Å²) in [6.07, 6.45) is 2.00. The molecule has 1 unspecified atom stereocenters. The van der Waals surface area contributed by atoms with Gasteiger partial charge in [0.15, 0.2) is 5.16 Å². The predicted octanol–water partition coefficient (Wildman–Crippen LogP) is 3.38. The van der Waals surface area contributed by atoms with E-state index >= 15 is 0 Å². The molecule has 1 atom stereocenters. The Hall–Kier alpha value is -0.420. The van der Waals surface area contributed by atoms with Crippen LogP contribution in [0.3, 0.4) is 0 Å². The molecule has 1 rings (SSSR count). The molecule has 5 heteroatoms. The average Bonchev–Trinajstić information content (AvgIpc) is 2.28. The third-order valence-corrected chi connectivity index (χ3v) is 4.28. The van der Waals surface area contributed by atoms with Crippen molar-refractivity contribution in [2.75, 3.05) is 18.6 Å². The van der Waals surface area contributed by atoms with Crippen LogP contribution in [0, 0.1) is 5.92 Å². The van der Waals surface area contributed by atoms with E-state index in [1.807, 2.05) is 19.4 Å². The Morgan fingerprint density at radius 2 is 1.94 bits per heavy atom. The molecular weight excluding hydrogens is 238 g/mol. The molecule has 16 heavy (non-hydrogen) atoms. The molecule has 0 saturated carbocycles. The van der Waals surface area contributed by atoms with Crippen molar-refractivity contribution in [1.29, 1.82) is 0 Å². The molecule has 1 aromatic heterocycles. The molecule has 3 nitrogen and oxygen atoms in total. The summed E-state index contributed by atoms with van der Waals surface area (Å²) < 4.78 is 0. The second-order valence-electron chi connectivity index (χ2n) is 3.90. The van der Waals surface area contributed by atoms with E-state index in [0.717, 1.165) is 16.0 Å². The van der Waals surface area contributed by atoms with Gasteiger partial charge in [-0.05, 0) is 12.2 Å². The van der Waals surface area contributed by atoms with Crippen LogP contribution in [0.5, 0.6) is 0 Å². The monoisotopic (exact) mass is 257 g/mol. The molecule has 0 radical (unpaired) electrons. The van der Waals surface area contributed by atoms with Crippen molar-refractivity contribution in [3.63, 3.8) is 0 Å². The molecule has 0 bridgehead atoms. The van der Waals surface area contributed by atoms with Crippen LogP contribution >= 0.6 is 23.5 Å². The Morgan fingerprint density at radius 3 is 2.44 bits per heavy atom. The smallest absolute Gasteiger partial charge is 0.190 e. The maximum Gasteiger partial charge on any atom is 0.190 e. The number of hydrogen-bond acceptors (Lipinski definition) is 5. The molecule has 0 saturated heterocycles. The lowest BCUT2D eigenvalue weighted by Crippen LogP contribution is -2.06. The Morgan fingerprint density at radius 1 is 1.25 bits per heavy atom. The van der Waals surface area contributed by atoms with Gasteiger partial charge in [0.1, 0.15) is 10.8 Å². The van der Waals surface area contributed by atoms with E-state index in [-0.39, 0.29) is 0 Å². The predicted molar refractivity (Wildman–Crippen MR) is 73.5 cm³/mol. The zero-order chi connectivity index (χ0) is 12.1. The van der Waals surface area contributed by atoms with Gasteiger partial charge in [-0.2, -0.15) is 0 Å². The summed E-state index contributed by atoms with van der Waals surface area (Å²) in [5, 5.41) is 5.50. The molecule has 90 valence electrons. The minimum Gasteiger partial charge on any atom is -0.373 e. The van der Waals surface area contributed by atoms with Crippen LogP contribution in [0.25, 0.3) is 0 Å². The molecule has 0 aliphatic heterocycles. The highest BCUT2D eigenvalue weighted by atomic mass is 32.2. The van der Waals surface area contributed by atoms with Crippen LogP contribution in [0.4, 0.5) is 5.82 Å². The molecule has 0 amide bonds. The summed E-state index contributed by atoms with van der Waals surface area (Å²) in [4.78, 5) is 8.85. The highest BCUT2D eigenvalue weighted by Gasteiger charge is 2.11. The Balaban J connectivity index is 2.86. The molecule has 0 fully saturated rings. The van der Waals surface area contributed by atoms with Crippen LogP contribution in [-0.2, 0) is 0 Å². The number of nitrogens with zero attached hydrogens (tertiary/aromatic N) is 2. The first-order valence-corrected chi connectivity index (χ1v) is 7.44. The van der Waals surface area contributed by atoms with E-state index in [1.165, 1.54) is 0 Å². The van der Waals surface area contributed by atoms with E-state index in [2.05, 4.69) is 36.1 Å². The van der Waals surface area contributed by atoms with Crippen molar-refractivity contribution >= 4 is 29.3 Å². The van der Waals surface area contributed by atoms with Crippen LogP contribution in [-0.4, -0.2) is 28.5 Å². The number of thioether (sulfide) groups is 2. The third kappa shape index (κ3) is 3.87. The van der Waals surface area contributed by atoms with E-state index < -0.39 is 0 Å². The van der Waals surface area contributed by atoms with Crippen molar-refractivity contribution in [1.82, 2.24) is 9.97 Å². The molecule has 1 heterocycles. The van der Waals surface area contributed by atoms with Gasteiger partial charge in [-0.25, -0.2) is 9.97 Å². The molecule has 0 spiro atoms. The van der Waals surface area contributed by atoms with Crippen LogP contribution < -0.4 is 5.32 Å². The van der Waals surface area contributed by atoms with Crippen LogP contribution in [0.15, 0.2) is 16.2 Å². The molecule has 0 aromatic carbocycles. The Labute approximate surface area is 106 Å². The van der Waals surface area contributed by atoms with Gasteiger partial charge < -0.3 is 5.32 Å². The van der Waals surface area contributed by atoms with Gasteiger partial charge in [0, 0.05) is 18.4 Å². The van der Waals surface area contributed by atoms with Crippen molar-refractivity contribution in [3.8, 4) is 0 Å². The summed E-state index contributed by atoms with van der Waals surface area (Å²) >= 11 is 3.38. The molecule has 1 N–H and O–H groups in total. The highest BCUT2D eigenvalue weighted by molar-refractivity contribution is 8.00. The van der Waals surface area contributed by atoms with Gasteiger partial charge in [-0.1, -0.05) is 32.5 Å². The fraction of sp³-hybridized carbons (Fsp3) is 0.636. The lowest BCUT2D eigenvalue weighted by Gasteiger charge is -2.14. The zero-order valence-electron chi connectivity index (χ0n) is 10.4. The zero-order valence-corrected chi connectivity index (χ0v) is 12.1. The molecular formula is C11H19N3S2. The van der Waals surface area contributed by atoms with Crippen molar-refractivity contribution < 1.29 is 0 Å². The van der Waals surface area contributed by atoms with Gasteiger partial charge in [0.2, 0.25) is 0 Å². The van der Waals surface area contributed by atoms with E-state index in [1.54, 1.807) is 23.5 Å². The lowest BCUT2D eigenvalue weighted by molar-refractivity contribution is 0.641. The minimum absolute atomic E-state index is 0.564. The van der Waals surface area contributed by atoms with Crippen molar-refractivity contribution in [3.05, 3.63) is 6.07 Å². The SMILES string of the molecule is CNc1cc(SC(C)C(C)C)nc(SC)n1. The number of nitrogens with one attached hydrogen (secondary N) is 1. The molecule has 1 aromatic rings. The Bertz CT molecular complexity index is 320. The van der Waals surface area contributed by atoms with E-state index in [0.29, 0.717) is 11.2 Å². The maximum absolute atomic E-state index is 4.50. The fourth-order valence-corrected chi connectivity index (χ4v) is 2.42. The van der Waals surface area contributed by atoms with Gasteiger partial charge in [0.05, 0.1) is 0 Å². The third-order valence-electron chi connectivity index (χ3n) is 2.37. The van der Waals surface area contributed by atoms with Gasteiger partial charge in [0.25, 0.3) is 0 Å². The summed E-state index contributed by atoms with van der Waals surface area (Å²) in [6.45, 7) is 6.69. The normalized spacial score (nSPS) is 12.9. The summed E-state index contributed by atoms with van der Waals surface area (Å²) in [5.74, 6) is 1.54. The van der Waals surface area contributed by atoms with Crippen LogP contribution in [0.2, 0.25) is 0 Å². The number of hydrogen-bond donors (Lipinski definition) is 1. The molecule has 0 aliphatic rings. The minimum atomic E-state index is 0.564. The number of rotatable bonds is 5. The first kappa shape index (κ1) is 13.6. The van der Waals surface area contributed by atoms with E-state index in [9.17, 15) is 0 Å². The van der Waals surface area contributed by atoms with Crippen molar-refractivity contribution in [2.24, 2.45) is 5.92 Å². The largest absolute Gasteiger partial charge is 0.373 e. The fourth-order valence-electron chi connectivity index (χ4n) is 1.01. The standard InChI is InChI=1S/C11H19N3S2/c1-7(2)8(3)16-10-6-9(12-4)13-11(14-10)15-5/h6-8H,1-5H3,(H,12,13,14). The maximum atomic E-state index is 4.50. The van der Waals surface area contributed by atoms with Gasteiger partial charge in [-0.3, -0.25) is 0 Å². The summed E-state index contributed by atoms with van der Waals surface area (Å²) in [7, 11) is 1.88. The van der Waals surface area contributed by atoms with E-state index in [4.69, 9.17) is 0 Å². The van der Waals surface area contributed by atoms with Crippen molar-refractivity contribution in [2.45, 2.75) is 36.2 Å². The van der Waals surface area contributed by atoms with Gasteiger partial charge >= 0.3 is 0 Å². The highest BCUT2D eigenvalue weighted by Crippen LogP contribution is 2.28. The molecule has 0 aliphatic carbocycles. The summed E-state index contributed by atoms with van der Waals surface area (Å²) in [6, 6.07) is 2.00. The first-order chi connectivity index (χ1) is 7.56. The van der Waals surface area contributed by atoms with Crippen LogP contribution in [0.1, 0.15) is 20.8 Å². The second-order valence-corrected chi connectivity index (χ2v) is 6.07. The Kier molecular flexibility index (Phi) is 5.41. The van der Waals surface area contributed by atoms with Gasteiger partial charge in [-0.15, -0.1) is 11.8 Å². The lowest BCUT2D eigenvalue weighted by atomic mass is 10.2. The number of aromatic nitrogens is 2. The quantitative estimate of drug-likeness (QED) is 0.497. The average molecular weight is 257 g/mol.